The number of hydrogen-bond donors (Lipinski definition) is 2. The molecule has 0 aliphatic carbocycles. The van der Waals surface area contributed by atoms with Gasteiger partial charge in [-0.05, 0) is 30.3 Å². The number of halogens is 2. The average Bonchev–Trinajstić information content (AvgIpc) is 2.57. The number of benzene rings is 2. The number of rotatable bonds is 8. The molecule has 2 N–H and O–H groups in total. The Morgan fingerprint density at radius 3 is 2.57 bits per heavy atom. The van der Waals surface area contributed by atoms with Crippen molar-refractivity contribution in [1.82, 2.24) is 5.32 Å². The molecule has 2 aromatic rings. The summed E-state index contributed by atoms with van der Waals surface area (Å²) in [5, 5.41) is 15.1. The van der Waals surface area contributed by atoms with Crippen LogP contribution in [0, 0.1) is 0 Å². The van der Waals surface area contributed by atoms with Gasteiger partial charge in [0.15, 0.2) is 0 Å². The molecule has 0 spiro atoms. The van der Waals surface area contributed by atoms with Gasteiger partial charge in [-0.25, -0.2) is 0 Å². The summed E-state index contributed by atoms with van der Waals surface area (Å²) in [5.74, 6) is 0. The molecule has 1 atom stereocenters. The second-order valence-corrected chi connectivity index (χ2v) is 6.17. The number of nitrogens with zero attached hydrogens (tertiary/aromatic N) is 1. The van der Waals surface area contributed by atoms with Gasteiger partial charge in [-0.2, -0.15) is 0 Å². The molecule has 0 heterocycles. The molecule has 1 unspecified atom stereocenters. The molecule has 5 heteroatoms. The highest BCUT2D eigenvalue weighted by atomic mass is 35.5. The first-order valence-corrected chi connectivity index (χ1v) is 8.51. The van der Waals surface area contributed by atoms with E-state index in [2.05, 4.69) is 17.1 Å². The van der Waals surface area contributed by atoms with Crippen molar-refractivity contribution < 1.29 is 5.11 Å². The highest BCUT2D eigenvalue weighted by Gasteiger charge is 2.16. The van der Waals surface area contributed by atoms with Crippen molar-refractivity contribution in [2.45, 2.75) is 13.0 Å². The SMILES string of the molecule is CCNCCN(CC(O)c1ccccc1)c1cc(Cl)ccc1Cl. The van der Waals surface area contributed by atoms with Crippen LogP contribution in [-0.2, 0) is 0 Å². The fourth-order valence-corrected chi connectivity index (χ4v) is 2.82. The fourth-order valence-electron chi connectivity index (χ4n) is 2.42. The van der Waals surface area contributed by atoms with E-state index in [1.165, 1.54) is 0 Å². The van der Waals surface area contributed by atoms with Gasteiger partial charge in [-0.15, -0.1) is 0 Å². The molecule has 2 rings (SSSR count). The Labute approximate surface area is 147 Å². The lowest BCUT2D eigenvalue weighted by atomic mass is 10.1. The van der Waals surface area contributed by atoms with E-state index >= 15 is 0 Å². The summed E-state index contributed by atoms with van der Waals surface area (Å²) in [6, 6.07) is 15.0. The van der Waals surface area contributed by atoms with E-state index in [9.17, 15) is 5.11 Å². The van der Waals surface area contributed by atoms with E-state index in [1.54, 1.807) is 12.1 Å². The molecule has 3 nitrogen and oxygen atoms in total. The predicted molar refractivity (Wildman–Crippen MR) is 98.6 cm³/mol. The molecule has 0 bridgehead atoms. The van der Waals surface area contributed by atoms with Crippen LogP contribution in [0.4, 0.5) is 5.69 Å². The lowest BCUT2D eigenvalue weighted by Crippen LogP contribution is -2.35. The molecule has 0 saturated carbocycles. The Balaban J connectivity index is 2.18. The van der Waals surface area contributed by atoms with Crippen LogP contribution in [0.2, 0.25) is 10.0 Å². The number of nitrogens with one attached hydrogen (secondary N) is 1. The van der Waals surface area contributed by atoms with E-state index < -0.39 is 6.10 Å². The molecule has 124 valence electrons. The van der Waals surface area contributed by atoms with Gasteiger partial charge in [0.25, 0.3) is 0 Å². The topological polar surface area (TPSA) is 35.5 Å². The number of hydrogen-bond acceptors (Lipinski definition) is 3. The Kier molecular flexibility index (Phi) is 7.18. The van der Waals surface area contributed by atoms with Crippen LogP contribution < -0.4 is 10.2 Å². The Hall–Kier alpha value is -1.26. The molecular formula is C18H22Cl2N2O. The molecule has 0 saturated heterocycles. The number of aliphatic hydroxyl groups excluding tert-OH is 1. The first kappa shape index (κ1) is 18.1. The summed E-state index contributed by atoms with van der Waals surface area (Å²) >= 11 is 12.4. The third kappa shape index (κ3) is 5.40. The van der Waals surface area contributed by atoms with Gasteiger partial charge >= 0.3 is 0 Å². The summed E-state index contributed by atoms with van der Waals surface area (Å²) < 4.78 is 0. The molecule has 23 heavy (non-hydrogen) atoms. The fraction of sp³-hybridized carbons (Fsp3) is 0.333. The van der Waals surface area contributed by atoms with Gasteiger partial charge in [0.05, 0.1) is 16.8 Å². The lowest BCUT2D eigenvalue weighted by molar-refractivity contribution is 0.183. The van der Waals surface area contributed by atoms with Crippen molar-refractivity contribution >= 4 is 28.9 Å². The molecule has 0 radical (unpaired) electrons. The van der Waals surface area contributed by atoms with Gasteiger partial charge in [0.2, 0.25) is 0 Å². The van der Waals surface area contributed by atoms with Crippen LogP contribution in [0.5, 0.6) is 0 Å². The zero-order valence-corrected chi connectivity index (χ0v) is 14.7. The smallest absolute Gasteiger partial charge is 0.0964 e. The van der Waals surface area contributed by atoms with Crippen molar-refractivity contribution in [1.29, 1.82) is 0 Å². The predicted octanol–water partition coefficient (Wildman–Crippen LogP) is 4.14. The van der Waals surface area contributed by atoms with Crippen molar-refractivity contribution in [3.63, 3.8) is 0 Å². The molecule has 0 aromatic heterocycles. The van der Waals surface area contributed by atoms with Crippen molar-refractivity contribution in [3.8, 4) is 0 Å². The molecule has 0 aliphatic rings. The standard InChI is InChI=1S/C18H22Cl2N2O/c1-2-21-10-11-22(17-12-15(19)8-9-16(17)20)13-18(23)14-6-4-3-5-7-14/h3-9,12,18,21,23H,2,10-11,13H2,1H3. The summed E-state index contributed by atoms with van der Waals surface area (Å²) in [7, 11) is 0. The summed E-state index contributed by atoms with van der Waals surface area (Å²) in [5.41, 5.74) is 1.73. The van der Waals surface area contributed by atoms with Gasteiger partial charge in [0, 0.05) is 24.7 Å². The van der Waals surface area contributed by atoms with E-state index in [4.69, 9.17) is 23.2 Å². The zero-order valence-electron chi connectivity index (χ0n) is 13.2. The van der Waals surface area contributed by atoms with Crippen molar-refractivity contribution in [2.24, 2.45) is 0 Å². The molecule has 0 aliphatic heterocycles. The second-order valence-electron chi connectivity index (χ2n) is 5.32. The molecule has 0 fully saturated rings. The maximum Gasteiger partial charge on any atom is 0.0964 e. The van der Waals surface area contributed by atoms with Crippen molar-refractivity contribution in [2.75, 3.05) is 31.1 Å². The van der Waals surface area contributed by atoms with Crippen LogP contribution in [0.15, 0.2) is 48.5 Å². The lowest BCUT2D eigenvalue weighted by Gasteiger charge is -2.28. The van der Waals surface area contributed by atoms with Crippen LogP contribution in [0.3, 0.4) is 0 Å². The normalized spacial score (nSPS) is 12.2. The van der Waals surface area contributed by atoms with Gasteiger partial charge in [-0.1, -0.05) is 60.5 Å². The number of anilines is 1. The van der Waals surface area contributed by atoms with E-state index in [1.807, 2.05) is 36.4 Å². The third-order valence-electron chi connectivity index (χ3n) is 3.64. The maximum absolute atomic E-state index is 10.5. The zero-order chi connectivity index (χ0) is 16.7. The minimum absolute atomic E-state index is 0.454. The van der Waals surface area contributed by atoms with Gasteiger partial charge in [0.1, 0.15) is 0 Å². The molecular weight excluding hydrogens is 331 g/mol. The van der Waals surface area contributed by atoms with E-state index in [0.717, 1.165) is 30.9 Å². The maximum atomic E-state index is 10.5. The Bertz CT molecular complexity index is 607. The number of likely N-dealkylation sites (N-methyl/N-ethyl adjacent to an activating group) is 1. The second kappa shape index (κ2) is 9.14. The average molecular weight is 353 g/mol. The highest BCUT2D eigenvalue weighted by molar-refractivity contribution is 6.35. The number of aliphatic hydroxyl groups is 1. The summed E-state index contributed by atoms with van der Waals surface area (Å²) in [4.78, 5) is 2.06. The monoisotopic (exact) mass is 352 g/mol. The Morgan fingerprint density at radius 1 is 1.13 bits per heavy atom. The largest absolute Gasteiger partial charge is 0.387 e. The summed E-state index contributed by atoms with van der Waals surface area (Å²) in [6.45, 7) is 4.96. The van der Waals surface area contributed by atoms with Gasteiger partial charge in [-0.3, -0.25) is 0 Å². The minimum atomic E-state index is -0.590. The minimum Gasteiger partial charge on any atom is -0.387 e. The van der Waals surface area contributed by atoms with Crippen LogP contribution in [-0.4, -0.2) is 31.3 Å². The highest BCUT2D eigenvalue weighted by Crippen LogP contribution is 2.30. The first-order valence-electron chi connectivity index (χ1n) is 7.75. The van der Waals surface area contributed by atoms with Crippen LogP contribution >= 0.6 is 23.2 Å². The molecule has 0 amide bonds. The third-order valence-corrected chi connectivity index (χ3v) is 4.19. The van der Waals surface area contributed by atoms with Crippen molar-refractivity contribution in [3.05, 3.63) is 64.1 Å². The Morgan fingerprint density at radius 2 is 1.87 bits per heavy atom. The van der Waals surface area contributed by atoms with Gasteiger partial charge < -0.3 is 15.3 Å². The molecule has 2 aromatic carbocycles. The van der Waals surface area contributed by atoms with Crippen LogP contribution in [0.1, 0.15) is 18.6 Å². The van der Waals surface area contributed by atoms with E-state index in [-0.39, 0.29) is 0 Å². The van der Waals surface area contributed by atoms with E-state index in [0.29, 0.717) is 16.6 Å². The first-order chi connectivity index (χ1) is 11.1. The summed E-state index contributed by atoms with van der Waals surface area (Å²) in [6.07, 6.45) is -0.590. The van der Waals surface area contributed by atoms with Crippen LogP contribution in [0.25, 0.3) is 0 Å². The quantitative estimate of drug-likeness (QED) is 0.700.